The van der Waals surface area contributed by atoms with Gasteiger partial charge in [-0.3, -0.25) is 4.90 Å². The number of ether oxygens (including phenoxy) is 3. The molecule has 146 valence electrons. The fraction of sp³-hybridized carbons (Fsp3) is 0.571. The van der Waals surface area contributed by atoms with Gasteiger partial charge in [-0.15, -0.1) is 0 Å². The van der Waals surface area contributed by atoms with Crippen molar-refractivity contribution in [3.8, 4) is 22.9 Å². The van der Waals surface area contributed by atoms with Crippen LogP contribution >= 0.6 is 0 Å². The van der Waals surface area contributed by atoms with E-state index in [-0.39, 0.29) is 6.04 Å². The first-order valence-corrected chi connectivity index (χ1v) is 9.81. The lowest BCUT2D eigenvalue weighted by molar-refractivity contribution is 0.122. The Balaban J connectivity index is 1.70. The Kier molecular flexibility index (Phi) is 5.36. The maximum atomic E-state index is 5.91. The fourth-order valence-corrected chi connectivity index (χ4v) is 4.52. The van der Waals surface area contributed by atoms with Crippen LogP contribution in [-0.4, -0.2) is 61.0 Å². The summed E-state index contributed by atoms with van der Waals surface area (Å²) in [6.45, 7) is 5.87. The number of nitrogens with zero attached hydrogens (tertiary/aromatic N) is 3. The van der Waals surface area contributed by atoms with Crippen LogP contribution in [-0.2, 0) is 4.74 Å². The molecule has 2 fully saturated rings. The molecule has 2 saturated heterocycles. The van der Waals surface area contributed by atoms with Crippen LogP contribution in [0.25, 0.3) is 11.4 Å². The van der Waals surface area contributed by atoms with Gasteiger partial charge in [-0.2, -0.15) is 0 Å². The minimum Gasteiger partial charge on any atom is -0.496 e. The van der Waals surface area contributed by atoms with Crippen molar-refractivity contribution < 1.29 is 14.2 Å². The quantitative estimate of drug-likeness (QED) is 0.807. The van der Waals surface area contributed by atoms with Crippen LogP contribution in [0.3, 0.4) is 0 Å². The number of likely N-dealkylation sites (tertiary alicyclic amines) is 1. The molecule has 0 aliphatic carbocycles. The molecule has 0 bridgehead atoms. The first-order chi connectivity index (χ1) is 13.2. The summed E-state index contributed by atoms with van der Waals surface area (Å²) in [4.78, 5) is 7.28. The van der Waals surface area contributed by atoms with Crippen LogP contribution in [0.4, 0.5) is 0 Å². The third-order valence-corrected chi connectivity index (χ3v) is 5.93. The smallest absolute Gasteiger partial charge is 0.144 e. The number of piperidine rings is 1. The van der Waals surface area contributed by atoms with Gasteiger partial charge in [0.15, 0.2) is 0 Å². The molecule has 2 atom stereocenters. The zero-order valence-electron chi connectivity index (χ0n) is 16.5. The van der Waals surface area contributed by atoms with E-state index in [4.69, 9.17) is 14.2 Å². The SMILES string of the molecule is COc1ccc(-c2nccn2[C@@H]2COC[C@H]2N2CCCCC2)c(OC)c1C. The molecule has 2 aliphatic heterocycles. The summed E-state index contributed by atoms with van der Waals surface area (Å²) in [6.07, 6.45) is 7.86. The van der Waals surface area contributed by atoms with Gasteiger partial charge in [-0.1, -0.05) is 6.42 Å². The van der Waals surface area contributed by atoms with Gasteiger partial charge < -0.3 is 18.8 Å². The minimum absolute atomic E-state index is 0.271. The highest BCUT2D eigenvalue weighted by molar-refractivity contribution is 5.69. The van der Waals surface area contributed by atoms with Gasteiger partial charge in [0.1, 0.15) is 17.3 Å². The first-order valence-electron chi connectivity index (χ1n) is 9.81. The lowest BCUT2D eigenvalue weighted by Crippen LogP contribution is -2.44. The van der Waals surface area contributed by atoms with E-state index in [0.29, 0.717) is 6.04 Å². The number of rotatable bonds is 5. The Bertz CT molecular complexity index is 783. The van der Waals surface area contributed by atoms with E-state index >= 15 is 0 Å². The van der Waals surface area contributed by atoms with Gasteiger partial charge in [0.25, 0.3) is 0 Å². The van der Waals surface area contributed by atoms with Crippen molar-refractivity contribution in [3.63, 3.8) is 0 Å². The number of hydrogen-bond donors (Lipinski definition) is 0. The molecule has 2 aromatic rings. The Morgan fingerprint density at radius 3 is 2.56 bits per heavy atom. The Hall–Kier alpha value is -2.05. The van der Waals surface area contributed by atoms with Crippen molar-refractivity contribution >= 4 is 0 Å². The second kappa shape index (κ2) is 7.90. The molecule has 0 N–H and O–H groups in total. The second-order valence-electron chi connectivity index (χ2n) is 7.40. The summed E-state index contributed by atoms with van der Waals surface area (Å²) >= 11 is 0. The third-order valence-electron chi connectivity index (χ3n) is 5.93. The monoisotopic (exact) mass is 371 g/mol. The molecule has 6 nitrogen and oxygen atoms in total. The van der Waals surface area contributed by atoms with Gasteiger partial charge in [0.05, 0.1) is 45.1 Å². The van der Waals surface area contributed by atoms with E-state index < -0.39 is 0 Å². The molecule has 2 aliphatic rings. The van der Waals surface area contributed by atoms with E-state index in [9.17, 15) is 0 Å². The maximum absolute atomic E-state index is 5.91. The molecule has 0 unspecified atom stereocenters. The minimum atomic E-state index is 0.271. The summed E-state index contributed by atoms with van der Waals surface area (Å²) in [5.74, 6) is 2.56. The zero-order chi connectivity index (χ0) is 18.8. The number of imidazole rings is 1. The topological polar surface area (TPSA) is 48.8 Å². The average Bonchev–Trinajstić information content (AvgIpc) is 3.37. The number of hydrogen-bond acceptors (Lipinski definition) is 5. The van der Waals surface area contributed by atoms with Crippen molar-refractivity contribution in [2.24, 2.45) is 0 Å². The van der Waals surface area contributed by atoms with E-state index in [1.165, 1.54) is 32.4 Å². The van der Waals surface area contributed by atoms with Crippen LogP contribution in [0, 0.1) is 6.92 Å². The molecule has 27 heavy (non-hydrogen) atoms. The highest BCUT2D eigenvalue weighted by atomic mass is 16.5. The average molecular weight is 371 g/mol. The molecular formula is C21H29N3O3. The standard InChI is InChI=1S/C21H29N3O3/c1-15-19(25-2)8-7-16(20(15)26-3)21-22-9-12-24(21)18-14-27-13-17(18)23-10-5-4-6-11-23/h7-9,12,17-18H,4-6,10-11,13-14H2,1-3H3/t17-,18-/m1/s1. The summed E-state index contributed by atoms with van der Waals surface area (Å²) in [6, 6.07) is 4.70. The lowest BCUT2D eigenvalue weighted by atomic mass is 10.0. The largest absolute Gasteiger partial charge is 0.496 e. The Labute approximate surface area is 161 Å². The number of methoxy groups -OCH3 is 2. The van der Waals surface area contributed by atoms with E-state index in [1.807, 2.05) is 25.3 Å². The van der Waals surface area contributed by atoms with E-state index in [0.717, 1.165) is 41.7 Å². The van der Waals surface area contributed by atoms with Crippen LogP contribution in [0.15, 0.2) is 24.5 Å². The van der Waals surface area contributed by atoms with Crippen LogP contribution in [0.2, 0.25) is 0 Å². The summed E-state index contributed by atoms with van der Waals surface area (Å²) < 4.78 is 19.4. The molecule has 1 aromatic heterocycles. The van der Waals surface area contributed by atoms with Gasteiger partial charge in [-0.05, 0) is 45.0 Å². The maximum Gasteiger partial charge on any atom is 0.144 e. The predicted molar refractivity (Wildman–Crippen MR) is 105 cm³/mol. The van der Waals surface area contributed by atoms with Crippen molar-refractivity contribution in [1.29, 1.82) is 0 Å². The molecule has 0 spiro atoms. The van der Waals surface area contributed by atoms with Crippen LogP contribution in [0.1, 0.15) is 30.9 Å². The normalized spacial score (nSPS) is 23.5. The van der Waals surface area contributed by atoms with Gasteiger partial charge >= 0.3 is 0 Å². The van der Waals surface area contributed by atoms with Crippen LogP contribution < -0.4 is 9.47 Å². The predicted octanol–water partition coefficient (Wildman–Crippen LogP) is 3.30. The van der Waals surface area contributed by atoms with E-state index in [2.05, 4.69) is 20.6 Å². The van der Waals surface area contributed by atoms with Gasteiger partial charge in [0.2, 0.25) is 0 Å². The van der Waals surface area contributed by atoms with Crippen LogP contribution in [0.5, 0.6) is 11.5 Å². The van der Waals surface area contributed by atoms with Crippen molar-refractivity contribution in [2.45, 2.75) is 38.3 Å². The van der Waals surface area contributed by atoms with Crippen molar-refractivity contribution in [1.82, 2.24) is 14.5 Å². The molecule has 0 saturated carbocycles. The Morgan fingerprint density at radius 2 is 1.81 bits per heavy atom. The van der Waals surface area contributed by atoms with Gasteiger partial charge in [0, 0.05) is 18.0 Å². The molecule has 3 heterocycles. The molecular weight excluding hydrogens is 342 g/mol. The number of benzene rings is 1. The summed E-state index contributed by atoms with van der Waals surface area (Å²) in [7, 11) is 3.38. The highest BCUT2D eigenvalue weighted by Gasteiger charge is 2.36. The molecule has 0 amide bonds. The molecule has 0 radical (unpaired) electrons. The third kappa shape index (κ3) is 3.32. The molecule has 1 aromatic carbocycles. The van der Waals surface area contributed by atoms with Crippen molar-refractivity contribution in [2.75, 3.05) is 40.5 Å². The summed E-state index contributed by atoms with van der Waals surface area (Å²) in [5.41, 5.74) is 1.98. The Morgan fingerprint density at radius 1 is 1.04 bits per heavy atom. The lowest BCUT2D eigenvalue weighted by Gasteiger charge is -2.35. The fourth-order valence-electron chi connectivity index (χ4n) is 4.52. The molecule has 6 heteroatoms. The first kappa shape index (κ1) is 18.3. The highest BCUT2D eigenvalue weighted by Crippen LogP contribution is 2.39. The second-order valence-corrected chi connectivity index (χ2v) is 7.40. The molecule has 4 rings (SSSR count). The van der Waals surface area contributed by atoms with Crippen molar-refractivity contribution in [3.05, 3.63) is 30.1 Å². The number of aromatic nitrogens is 2. The summed E-state index contributed by atoms with van der Waals surface area (Å²) in [5, 5.41) is 0. The zero-order valence-corrected chi connectivity index (χ0v) is 16.5. The van der Waals surface area contributed by atoms with Gasteiger partial charge in [-0.25, -0.2) is 4.98 Å². The van der Waals surface area contributed by atoms with E-state index in [1.54, 1.807) is 14.2 Å².